The molecule has 2 N–H and O–H groups in total. The smallest absolute Gasteiger partial charge is 0.191 e. The summed E-state index contributed by atoms with van der Waals surface area (Å²) < 4.78 is 30.8. The zero-order valence-corrected chi connectivity index (χ0v) is 19.5. The molecule has 0 unspecified atom stereocenters. The van der Waals surface area contributed by atoms with Crippen LogP contribution in [-0.4, -0.2) is 78.0 Å². The van der Waals surface area contributed by atoms with E-state index in [2.05, 4.69) is 36.5 Å². The van der Waals surface area contributed by atoms with Crippen molar-refractivity contribution < 1.29 is 13.2 Å². The highest BCUT2D eigenvalue weighted by atomic mass is 127. The second-order valence-electron chi connectivity index (χ2n) is 5.65. The Balaban J connectivity index is 0.00000338. The highest BCUT2D eigenvalue weighted by Crippen LogP contribution is 2.15. The van der Waals surface area contributed by atoms with Gasteiger partial charge in [-0.3, -0.25) is 9.89 Å². The molecule has 0 aliphatic carbocycles. The van der Waals surface area contributed by atoms with Crippen molar-refractivity contribution in [2.75, 3.05) is 58.7 Å². The first-order valence-electron chi connectivity index (χ1n) is 8.24. The molecule has 2 rings (SSSR count). The maximum Gasteiger partial charge on any atom is 0.191 e. The van der Waals surface area contributed by atoms with Crippen molar-refractivity contribution in [1.82, 2.24) is 15.5 Å². The van der Waals surface area contributed by atoms with Gasteiger partial charge in [-0.2, -0.15) is 0 Å². The van der Waals surface area contributed by atoms with Crippen LogP contribution < -0.4 is 10.6 Å². The highest BCUT2D eigenvalue weighted by Gasteiger charge is 2.14. The number of rotatable bonds is 7. The van der Waals surface area contributed by atoms with Gasteiger partial charge in [-0.15, -0.1) is 24.0 Å². The minimum atomic E-state index is -3.31. The van der Waals surface area contributed by atoms with E-state index in [1.807, 2.05) is 0 Å². The molecule has 0 bridgehead atoms. The van der Waals surface area contributed by atoms with Crippen LogP contribution in [0.4, 0.5) is 0 Å². The Morgan fingerprint density at radius 2 is 1.81 bits per heavy atom. The predicted molar refractivity (Wildman–Crippen MR) is 118 cm³/mol. The number of sulfone groups is 1. The van der Waals surface area contributed by atoms with Crippen molar-refractivity contribution in [1.29, 1.82) is 0 Å². The molecule has 1 heterocycles. The number of ether oxygens (including phenoxy) is 1. The van der Waals surface area contributed by atoms with Crippen LogP contribution in [0.1, 0.15) is 0 Å². The predicted octanol–water partition coefficient (Wildman–Crippen LogP) is 1.34. The molecule has 1 aliphatic rings. The fourth-order valence-electron chi connectivity index (χ4n) is 2.44. The number of hydrogen-bond donors (Lipinski definition) is 2. The van der Waals surface area contributed by atoms with Crippen molar-refractivity contribution in [3.8, 4) is 0 Å². The summed E-state index contributed by atoms with van der Waals surface area (Å²) in [5.74, 6) is 0.623. The summed E-state index contributed by atoms with van der Waals surface area (Å²) in [7, 11) is -1.63. The monoisotopic (exact) mass is 560 g/mol. The molecule has 0 atom stereocenters. The lowest BCUT2D eigenvalue weighted by atomic mass is 10.4. The first-order chi connectivity index (χ1) is 12.0. The molecular weight excluding hydrogens is 535 g/mol. The van der Waals surface area contributed by atoms with Crippen molar-refractivity contribution in [3.63, 3.8) is 0 Å². The van der Waals surface area contributed by atoms with E-state index in [4.69, 9.17) is 4.74 Å². The maximum atomic E-state index is 12.3. The maximum absolute atomic E-state index is 12.3. The summed E-state index contributed by atoms with van der Waals surface area (Å²) in [6.45, 7) is 5.40. The van der Waals surface area contributed by atoms with Crippen LogP contribution in [-0.2, 0) is 14.6 Å². The summed E-state index contributed by atoms with van der Waals surface area (Å²) >= 11 is 3.30. The van der Waals surface area contributed by atoms with Gasteiger partial charge in [-0.25, -0.2) is 8.42 Å². The van der Waals surface area contributed by atoms with E-state index in [0.717, 1.165) is 43.9 Å². The van der Waals surface area contributed by atoms with Gasteiger partial charge in [0, 0.05) is 44.2 Å². The van der Waals surface area contributed by atoms with Gasteiger partial charge in [0.15, 0.2) is 15.8 Å². The fraction of sp³-hybridized carbons (Fsp3) is 0.562. The molecule has 10 heteroatoms. The first kappa shape index (κ1) is 23.6. The number of morpholine rings is 1. The lowest BCUT2D eigenvalue weighted by Crippen LogP contribution is -2.45. The topological polar surface area (TPSA) is 83.0 Å². The largest absolute Gasteiger partial charge is 0.379 e. The fourth-order valence-corrected chi connectivity index (χ4v) is 3.86. The molecule has 0 aromatic heterocycles. The molecule has 0 saturated carbocycles. The molecule has 0 spiro atoms. The highest BCUT2D eigenvalue weighted by molar-refractivity contribution is 14.0. The molecule has 0 radical (unpaired) electrons. The quantitative estimate of drug-likeness (QED) is 0.297. The van der Waals surface area contributed by atoms with Crippen molar-refractivity contribution in [2.45, 2.75) is 4.90 Å². The van der Waals surface area contributed by atoms with E-state index in [0.29, 0.717) is 17.4 Å². The normalized spacial score (nSPS) is 16.0. The van der Waals surface area contributed by atoms with Gasteiger partial charge in [0.1, 0.15) is 0 Å². The van der Waals surface area contributed by atoms with Gasteiger partial charge in [0.25, 0.3) is 0 Å². The van der Waals surface area contributed by atoms with Crippen LogP contribution in [0.15, 0.2) is 38.6 Å². The molecule has 148 valence electrons. The number of benzene rings is 1. The Morgan fingerprint density at radius 1 is 1.19 bits per heavy atom. The van der Waals surface area contributed by atoms with Crippen LogP contribution in [0.2, 0.25) is 0 Å². The van der Waals surface area contributed by atoms with Gasteiger partial charge in [0.05, 0.1) is 23.9 Å². The average molecular weight is 561 g/mol. The van der Waals surface area contributed by atoms with Gasteiger partial charge in [-0.1, -0.05) is 15.9 Å². The number of guanidine groups is 1. The minimum absolute atomic E-state index is 0. The van der Waals surface area contributed by atoms with Crippen LogP contribution in [0, 0.1) is 0 Å². The third-order valence-electron chi connectivity index (χ3n) is 3.88. The average Bonchev–Trinajstić information content (AvgIpc) is 2.61. The molecule has 1 fully saturated rings. The SMILES string of the molecule is CN=C(NCCN1CCOCC1)NCCS(=O)(=O)c1ccc(Br)cc1.I. The standard InChI is InChI=1S/C16H25BrN4O3S.HI/c1-18-16(19-6-8-21-9-11-24-12-10-21)20-7-13-25(22,23)15-4-2-14(17)3-5-15;/h2-5H,6-13H2,1H3,(H2,18,19,20);1H. The van der Waals surface area contributed by atoms with E-state index in [1.54, 1.807) is 31.3 Å². The van der Waals surface area contributed by atoms with E-state index >= 15 is 0 Å². The molecule has 1 saturated heterocycles. The number of nitrogens with one attached hydrogen (secondary N) is 2. The third kappa shape index (κ3) is 8.07. The van der Waals surface area contributed by atoms with Crippen LogP contribution in [0.5, 0.6) is 0 Å². The Bertz CT molecular complexity index is 665. The number of hydrogen-bond acceptors (Lipinski definition) is 5. The third-order valence-corrected chi connectivity index (χ3v) is 6.14. The van der Waals surface area contributed by atoms with E-state index in [1.165, 1.54) is 0 Å². The van der Waals surface area contributed by atoms with Crippen LogP contribution >= 0.6 is 39.9 Å². The summed E-state index contributed by atoms with van der Waals surface area (Å²) in [6.07, 6.45) is 0. The van der Waals surface area contributed by atoms with E-state index in [9.17, 15) is 8.42 Å². The lowest BCUT2D eigenvalue weighted by Gasteiger charge is -2.26. The number of nitrogens with zero attached hydrogens (tertiary/aromatic N) is 2. The number of halogens is 2. The van der Waals surface area contributed by atoms with Gasteiger partial charge in [0.2, 0.25) is 0 Å². The molecule has 0 amide bonds. The Labute approximate surface area is 181 Å². The number of aliphatic imine (C=N–C) groups is 1. The molecule has 26 heavy (non-hydrogen) atoms. The Kier molecular flexibility index (Phi) is 11.0. The first-order valence-corrected chi connectivity index (χ1v) is 10.7. The van der Waals surface area contributed by atoms with Gasteiger partial charge >= 0.3 is 0 Å². The summed E-state index contributed by atoms with van der Waals surface area (Å²) in [4.78, 5) is 6.77. The Morgan fingerprint density at radius 3 is 2.42 bits per heavy atom. The molecule has 1 aromatic carbocycles. The van der Waals surface area contributed by atoms with Gasteiger partial charge < -0.3 is 15.4 Å². The molecular formula is C16H26BrIN4O3S. The van der Waals surface area contributed by atoms with Crippen molar-refractivity contribution >= 4 is 55.7 Å². The lowest BCUT2D eigenvalue weighted by molar-refractivity contribution is 0.0389. The van der Waals surface area contributed by atoms with Crippen molar-refractivity contribution in [3.05, 3.63) is 28.7 Å². The zero-order valence-electron chi connectivity index (χ0n) is 14.8. The van der Waals surface area contributed by atoms with E-state index in [-0.39, 0.29) is 29.7 Å². The summed E-state index contributed by atoms with van der Waals surface area (Å²) in [6, 6.07) is 6.67. The van der Waals surface area contributed by atoms with Gasteiger partial charge in [-0.05, 0) is 24.3 Å². The zero-order chi connectivity index (χ0) is 18.1. The summed E-state index contributed by atoms with van der Waals surface area (Å²) in [5.41, 5.74) is 0. The van der Waals surface area contributed by atoms with Crippen LogP contribution in [0.3, 0.4) is 0 Å². The Hall–Kier alpha value is -0.430. The summed E-state index contributed by atoms with van der Waals surface area (Å²) in [5, 5.41) is 6.26. The molecule has 1 aromatic rings. The van der Waals surface area contributed by atoms with Crippen molar-refractivity contribution in [2.24, 2.45) is 4.99 Å². The second-order valence-corrected chi connectivity index (χ2v) is 8.68. The minimum Gasteiger partial charge on any atom is -0.379 e. The van der Waals surface area contributed by atoms with E-state index < -0.39 is 9.84 Å². The molecule has 7 nitrogen and oxygen atoms in total. The second kappa shape index (κ2) is 12.1. The van der Waals surface area contributed by atoms with Crippen LogP contribution in [0.25, 0.3) is 0 Å². The molecule has 1 aliphatic heterocycles.